The molecule has 0 aliphatic carbocycles. The molecule has 1 N–H and O–H groups in total. The summed E-state index contributed by atoms with van der Waals surface area (Å²) in [6.07, 6.45) is 3.26. The normalized spacial score (nSPS) is 14.3. The average molecular weight is 361 g/mol. The lowest BCUT2D eigenvalue weighted by molar-refractivity contribution is 0.0718. The number of amides is 1. The molecule has 132 valence electrons. The Morgan fingerprint density at radius 3 is 2.68 bits per heavy atom. The number of piperidine rings is 1. The maximum absolute atomic E-state index is 12.7. The number of rotatable bonds is 4. The number of carbonyl (C=O) groups is 1. The second-order valence-corrected chi connectivity index (χ2v) is 6.44. The topological polar surface area (TPSA) is 67.3 Å². The van der Waals surface area contributed by atoms with Crippen LogP contribution in [-0.2, 0) is 0 Å². The highest BCUT2D eigenvalue weighted by Crippen LogP contribution is 2.30. The molecule has 1 aliphatic heterocycles. The quantitative estimate of drug-likeness (QED) is 0.897. The van der Waals surface area contributed by atoms with Crippen LogP contribution >= 0.6 is 11.6 Å². The molecular formula is C18H21ClN4O2. The number of hydrogen-bond donors (Lipinski definition) is 1. The maximum Gasteiger partial charge on any atom is 0.272 e. The molecule has 0 bridgehead atoms. The van der Waals surface area contributed by atoms with E-state index in [0.29, 0.717) is 33.8 Å². The van der Waals surface area contributed by atoms with Crippen LogP contribution in [0.25, 0.3) is 0 Å². The summed E-state index contributed by atoms with van der Waals surface area (Å²) in [6, 6.07) is 6.95. The standard InChI is InChI=1S/C18H21ClN4O2/c1-12-20-15(18(24)23-8-4-3-5-9-23)11-17(21-12)22-14-10-13(19)6-7-16(14)25-2/h6-7,10-11H,3-5,8-9H2,1-2H3,(H,20,21,22). The third kappa shape index (κ3) is 4.20. The van der Waals surface area contributed by atoms with Gasteiger partial charge in [-0.3, -0.25) is 4.79 Å². The number of aromatic nitrogens is 2. The summed E-state index contributed by atoms with van der Waals surface area (Å²) >= 11 is 6.07. The molecular weight excluding hydrogens is 340 g/mol. The molecule has 1 fully saturated rings. The molecule has 1 aromatic carbocycles. The number of methoxy groups -OCH3 is 1. The Morgan fingerprint density at radius 1 is 1.20 bits per heavy atom. The minimum absolute atomic E-state index is 0.0497. The van der Waals surface area contributed by atoms with Crippen molar-refractivity contribution in [1.82, 2.24) is 14.9 Å². The van der Waals surface area contributed by atoms with Crippen LogP contribution in [0.5, 0.6) is 5.75 Å². The first kappa shape index (κ1) is 17.5. The van der Waals surface area contributed by atoms with E-state index in [2.05, 4.69) is 15.3 Å². The summed E-state index contributed by atoms with van der Waals surface area (Å²) < 4.78 is 5.34. The second-order valence-electron chi connectivity index (χ2n) is 6.01. The molecule has 0 atom stereocenters. The van der Waals surface area contributed by atoms with Crippen LogP contribution < -0.4 is 10.1 Å². The number of benzene rings is 1. The van der Waals surface area contributed by atoms with Crippen molar-refractivity contribution < 1.29 is 9.53 Å². The van der Waals surface area contributed by atoms with Crippen LogP contribution in [0, 0.1) is 6.92 Å². The molecule has 6 nitrogen and oxygen atoms in total. The van der Waals surface area contributed by atoms with Gasteiger partial charge in [-0.05, 0) is 44.4 Å². The van der Waals surface area contributed by atoms with Crippen molar-refractivity contribution in [2.75, 3.05) is 25.5 Å². The number of halogens is 1. The van der Waals surface area contributed by atoms with Crippen LogP contribution in [0.1, 0.15) is 35.6 Å². The van der Waals surface area contributed by atoms with Crippen molar-refractivity contribution >= 4 is 29.0 Å². The van der Waals surface area contributed by atoms with Gasteiger partial charge in [-0.15, -0.1) is 0 Å². The number of ether oxygens (including phenoxy) is 1. The molecule has 2 aromatic rings. The molecule has 0 radical (unpaired) electrons. The fourth-order valence-corrected chi connectivity index (χ4v) is 3.09. The molecule has 1 aliphatic rings. The van der Waals surface area contributed by atoms with Gasteiger partial charge in [-0.1, -0.05) is 11.6 Å². The van der Waals surface area contributed by atoms with Crippen molar-refractivity contribution in [3.8, 4) is 5.75 Å². The first-order valence-corrected chi connectivity index (χ1v) is 8.70. The lowest BCUT2D eigenvalue weighted by Gasteiger charge is -2.26. The molecule has 0 spiro atoms. The summed E-state index contributed by atoms with van der Waals surface area (Å²) in [6.45, 7) is 3.34. The minimum atomic E-state index is -0.0497. The Hall–Kier alpha value is -2.34. The molecule has 3 rings (SSSR count). The van der Waals surface area contributed by atoms with Crippen molar-refractivity contribution in [1.29, 1.82) is 0 Å². The van der Waals surface area contributed by atoms with Crippen LogP contribution in [0.15, 0.2) is 24.3 Å². The van der Waals surface area contributed by atoms with Gasteiger partial charge in [0.15, 0.2) is 0 Å². The van der Waals surface area contributed by atoms with E-state index in [9.17, 15) is 4.79 Å². The number of hydrogen-bond acceptors (Lipinski definition) is 5. The predicted octanol–water partition coefficient (Wildman–Crippen LogP) is 3.82. The van der Waals surface area contributed by atoms with Gasteiger partial charge in [0.05, 0.1) is 12.8 Å². The lowest BCUT2D eigenvalue weighted by atomic mass is 10.1. The van der Waals surface area contributed by atoms with Gasteiger partial charge in [0.25, 0.3) is 5.91 Å². The number of nitrogens with one attached hydrogen (secondary N) is 1. The van der Waals surface area contributed by atoms with E-state index in [4.69, 9.17) is 16.3 Å². The van der Waals surface area contributed by atoms with E-state index in [1.165, 1.54) is 6.42 Å². The fourth-order valence-electron chi connectivity index (χ4n) is 2.92. The lowest BCUT2D eigenvalue weighted by Crippen LogP contribution is -2.36. The summed E-state index contributed by atoms with van der Waals surface area (Å²) in [7, 11) is 1.59. The molecule has 1 aromatic heterocycles. The summed E-state index contributed by atoms with van der Waals surface area (Å²) in [5.74, 6) is 1.66. The first-order valence-electron chi connectivity index (χ1n) is 8.32. The van der Waals surface area contributed by atoms with Gasteiger partial charge in [-0.25, -0.2) is 9.97 Å². The molecule has 25 heavy (non-hydrogen) atoms. The molecule has 1 saturated heterocycles. The van der Waals surface area contributed by atoms with Gasteiger partial charge in [0, 0.05) is 24.2 Å². The Morgan fingerprint density at radius 2 is 1.96 bits per heavy atom. The highest BCUT2D eigenvalue weighted by molar-refractivity contribution is 6.31. The Labute approximate surface area is 152 Å². The molecule has 2 heterocycles. The molecule has 7 heteroatoms. The summed E-state index contributed by atoms with van der Waals surface area (Å²) in [5, 5.41) is 3.75. The first-order chi connectivity index (χ1) is 12.1. The van der Waals surface area contributed by atoms with E-state index in [1.807, 2.05) is 4.90 Å². The van der Waals surface area contributed by atoms with E-state index in [1.54, 1.807) is 38.3 Å². The highest BCUT2D eigenvalue weighted by atomic mass is 35.5. The SMILES string of the molecule is COc1ccc(Cl)cc1Nc1cc(C(=O)N2CCCCC2)nc(C)n1. The predicted molar refractivity (Wildman–Crippen MR) is 97.8 cm³/mol. The second kappa shape index (κ2) is 7.70. The maximum atomic E-state index is 12.7. The van der Waals surface area contributed by atoms with Crippen molar-refractivity contribution in [3.05, 3.63) is 40.8 Å². The van der Waals surface area contributed by atoms with E-state index < -0.39 is 0 Å². The highest BCUT2D eigenvalue weighted by Gasteiger charge is 2.20. The minimum Gasteiger partial charge on any atom is -0.495 e. The van der Waals surface area contributed by atoms with Crippen LogP contribution in [-0.4, -0.2) is 41.0 Å². The number of aryl methyl sites for hydroxylation is 1. The monoisotopic (exact) mass is 360 g/mol. The van der Waals surface area contributed by atoms with E-state index >= 15 is 0 Å². The van der Waals surface area contributed by atoms with Gasteiger partial charge < -0.3 is 15.0 Å². The molecule has 1 amide bonds. The zero-order chi connectivity index (χ0) is 17.8. The van der Waals surface area contributed by atoms with Gasteiger partial charge in [0.1, 0.15) is 23.1 Å². The van der Waals surface area contributed by atoms with Crippen LogP contribution in [0.2, 0.25) is 5.02 Å². The summed E-state index contributed by atoms with van der Waals surface area (Å²) in [5.41, 5.74) is 1.09. The molecule has 0 unspecified atom stereocenters. The molecule has 0 saturated carbocycles. The van der Waals surface area contributed by atoms with E-state index in [-0.39, 0.29) is 5.91 Å². The number of anilines is 2. The Kier molecular flexibility index (Phi) is 5.38. The number of likely N-dealkylation sites (tertiary alicyclic amines) is 1. The van der Waals surface area contributed by atoms with Crippen molar-refractivity contribution in [2.45, 2.75) is 26.2 Å². The zero-order valence-electron chi connectivity index (χ0n) is 14.4. The van der Waals surface area contributed by atoms with Gasteiger partial charge >= 0.3 is 0 Å². The average Bonchev–Trinajstić information content (AvgIpc) is 2.61. The fraction of sp³-hybridized carbons (Fsp3) is 0.389. The zero-order valence-corrected chi connectivity index (χ0v) is 15.1. The summed E-state index contributed by atoms with van der Waals surface area (Å²) in [4.78, 5) is 23.2. The van der Waals surface area contributed by atoms with Gasteiger partial charge in [0.2, 0.25) is 0 Å². The van der Waals surface area contributed by atoms with Crippen LogP contribution in [0.3, 0.4) is 0 Å². The largest absolute Gasteiger partial charge is 0.495 e. The smallest absolute Gasteiger partial charge is 0.272 e. The number of nitrogens with zero attached hydrogens (tertiary/aromatic N) is 3. The Balaban J connectivity index is 1.87. The Bertz CT molecular complexity index is 776. The van der Waals surface area contributed by atoms with Gasteiger partial charge in [-0.2, -0.15) is 0 Å². The van der Waals surface area contributed by atoms with Crippen molar-refractivity contribution in [3.63, 3.8) is 0 Å². The third-order valence-electron chi connectivity index (χ3n) is 4.12. The van der Waals surface area contributed by atoms with Crippen molar-refractivity contribution in [2.24, 2.45) is 0 Å². The third-order valence-corrected chi connectivity index (χ3v) is 4.36. The van der Waals surface area contributed by atoms with Crippen LogP contribution in [0.4, 0.5) is 11.5 Å². The number of carbonyl (C=O) groups excluding carboxylic acids is 1. The van der Waals surface area contributed by atoms with E-state index in [0.717, 1.165) is 25.9 Å².